The quantitative estimate of drug-likeness (QED) is 0.422. The third-order valence-corrected chi connectivity index (χ3v) is 0. The first kappa shape index (κ1) is 18.4. The van der Waals surface area contributed by atoms with Crippen molar-refractivity contribution in [2.24, 2.45) is 0 Å². The Bertz CT molecular complexity index is 124. The van der Waals surface area contributed by atoms with Crippen LogP contribution in [0, 0.1) is 22.7 Å². The predicted molar refractivity (Wildman–Crippen MR) is 58.3 cm³/mol. The zero-order chi connectivity index (χ0) is 9.91. The molecule has 0 unspecified atom stereocenters. The Balaban J connectivity index is -0.0000000933. The van der Waals surface area contributed by atoms with Crippen LogP contribution < -0.4 is 0 Å². The third kappa shape index (κ3) is 422. The monoisotopic (exact) mass is 582 g/mol. The molecule has 0 aliphatic rings. The number of nitriles is 2. The number of rotatable bonds is 0. The van der Waals surface area contributed by atoms with Crippen molar-refractivity contribution in [2.75, 3.05) is 0 Å². The fourth-order valence-corrected chi connectivity index (χ4v) is 0. The van der Waals surface area contributed by atoms with Crippen LogP contribution in [0.5, 0.6) is 0 Å². The Kier molecular flexibility index (Phi) is 23.6. The number of hydrogen-bond donors (Lipinski definition) is 0. The van der Waals surface area contributed by atoms with Gasteiger partial charge in [0, 0.05) is 13.8 Å². The molecule has 0 aromatic heterocycles. The Morgan fingerprint density at radius 2 is 0.909 bits per heavy atom. The summed E-state index contributed by atoms with van der Waals surface area (Å²) >= 11 is 13.3. The third-order valence-electron chi connectivity index (χ3n) is 0. The molecule has 7 heteroatoms. The molecule has 0 rings (SSSR count). The van der Waals surface area contributed by atoms with E-state index >= 15 is 0 Å². The maximum absolute atomic E-state index is 7.32. The van der Waals surface area contributed by atoms with Crippen molar-refractivity contribution in [1.82, 2.24) is 0 Å². The van der Waals surface area contributed by atoms with E-state index in [1.165, 1.54) is 13.8 Å². The predicted octanol–water partition coefficient (Wildman–Crippen LogP) is 4.44. The van der Waals surface area contributed by atoms with Crippen LogP contribution in [-0.4, -0.2) is 0 Å². The van der Waals surface area contributed by atoms with Crippen LogP contribution in [0.15, 0.2) is 0 Å². The van der Waals surface area contributed by atoms with Crippen molar-refractivity contribution in [3.05, 3.63) is 0 Å². The molecule has 0 saturated heterocycles. The Hall–Kier alpha value is 1.59. The summed E-state index contributed by atoms with van der Waals surface area (Å²) in [6, 6.07) is 3.50. The first-order chi connectivity index (χ1) is 4.83. The topological polar surface area (TPSA) is 47.6 Å². The fourth-order valence-electron chi connectivity index (χ4n) is 0. The van der Waals surface area contributed by atoms with Gasteiger partial charge in [0.05, 0.1) is 12.1 Å². The molecule has 2 nitrogen and oxygen atoms in total. The van der Waals surface area contributed by atoms with Gasteiger partial charge in [-0.2, -0.15) is 10.5 Å². The van der Waals surface area contributed by atoms with Crippen molar-refractivity contribution in [2.45, 2.75) is 13.8 Å². The molecule has 0 fully saturated rings. The van der Waals surface area contributed by atoms with Crippen molar-refractivity contribution in [1.29, 1.82) is 10.5 Å². The zero-order valence-corrected chi connectivity index (χ0v) is 15.1. The molecule has 0 aromatic rings. The normalized spacial score (nSPS) is 8.36. The first-order valence-electron chi connectivity index (χ1n) is 2.06. The molecular weight excluding hydrogens is 580 g/mol. The van der Waals surface area contributed by atoms with Gasteiger partial charge in [-0.25, -0.2) is 0 Å². The van der Waals surface area contributed by atoms with E-state index in [1.807, 2.05) is 0 Å². The van der Waals surface area contributed by atoms with Crippen LogP contribution >= 0.6 is 53.2 Å². The van der Waals surface area contributed by atoms with Gasteiger partial charge in [-0.3, -0.25) is 0 Å². The van der Waals surface area contributed by atoms with E-state index in [0.29, 0.717) is 0 Å². The summed E-state index contributed by atoms with van der Waals surface area (Å²) in [5, 5.41) is 14.6. The summed E-state index contributed by atoms with van der Waals surface area (Å²) in [7, 11) is -1.92. The minimum absolute atomic E-state index is 1.43. The Labute approximate surface area is 96.1 Å². The average molecular weight is 586 g/mol. The molecule has 0 bridgehead atoms. The van der Waals surface area contributed by atoms with E-state index in [1.54, 1.807) is 12.1 Å². The second-order valence-electron chi connectivity index (χ2n) is 0.797. The van der Waals surface area contributed by atoms with Crippen molar-refractivity contribution >= 4 is 53.2 Å². The number of halogens is 4. The van der Waals surface area contributed by atoms with Crippen molar-refractivity contribution in [3.63, 3.8) is 0 Å². The van der Waals surface area contributed by atoms with Crippen LogP contribution in [0.4, 0.5) is 0 Å². The SMILES string of the molecule is CC#N.CC#N.[Br][W]([Br])([Br])[Br]. The van der Waals surface area contributed by atoms with E-state index in [9.17, 15) is 0 Å². The number of nitrogens with zero attached hydrogens (tertiary/aromatic N) is 2. The Morgan fingerprint density at radius 1 is 0.909 bits per heavy atom. The van der Waals surface area contributed by atoms with Gasteiger partial charge < -0.3 is 0 Å². The molecule has 0 spiro atoms. The minimum atomic E-state index is -1.92. The molecule has 0 saturated carbocycles. The van der Waals surface area contributed by atoms with E-state index in [-0.39, 0.29) is 0 Å². The molecule has 0 radical (unpaired) electrons. The van der Waals surface area contributed by atoms with Crippen LogP contribution in [0.2, 0.25) is 0 Å². The summed E-state index contributed by atoms with van der Waals surface area (Å²) in [6.45, 7) is 2.86. The standard InChI is InChI=1S/2C2H3N.4BrH.W/c2*1-2-3;;;;;/h2*1H3;4*1H;/q;;;;;;+4/p-4. The average Bonchev–Trinajstić information content (AvgIpc) is 1.62. The molecular formula is C4H6Br4N2W. The van der Waals surface area contributed by atoms with Gasteiger partial charge in [-0.05, 0) is 0 Å². The molecule has 66 valence electrons. The molecule has 11 heavy (non-hydrogen) atoms. The van der Waals surface area contributed by atoms with Crippen LogP contribution in [0.1, 0.15) is 13.8 Å². The molecule has 0 amide bonds. The summed E-state index contributed by atoms with van der Waals surface area (Å²) in [5.41, 5.74) is 0. The Morgan fingerprint density at radius 3 is 0.909 bits per heavy atom. The first-order valence-corrected chi connectivity index (χ1v) is 27.7. The van der Waals surface area contributed by atoms with Crippen molar-refractivity contribution < 1.29 is 7.84 Å². The van der Waals surface area contributed by atoms with Crippen molar-refractivity contribution in [3.8, 4) is 12.1 Å². The zero-order valence-electron chi connectivity index (χ0n) is 5.81. The fraction of sp³-hybridized carbons (Fsp3) is 0.500. The van der Waals surface area contributed by atoms with E-state index < -0.39 is 7.84 Å². The second-order valence-corrected chi connectivity index (χ2v) is 77.8. The van der Waals surface area contributed by atoms with Gasteiger partial charge in [0.2, 0.25) is 0 Å². The number of hydrogen-bond acceptors (Lipinski definition) is 2. The summed E-state index contributed by atoms with van der Waals surface area (Å²) in [4.78, 5) is 0. The molecule has 0 aromatic carbocycles. The molecule has 0 aliphatic carbocycles. The van der Waals surface area contributed by atoms with Gasteiger partial charge in [-0.15, -0.1) is 0 Å². The van der Waals surface area contributed by atoms with Crippen LogP contribution in [0.25, 0.3) is 0 Å². The van der Waals surface area contributed by atoms with E-state index in [0.717, 1.165) is 0 Å². The van der Waals surface area contributed by atoms with Gasteiger partial charge in [0.15, 0.2) is 0 Å². The summed E-state index contributed by atoms with van der Waals surface area (Å²) in [5.74, 6) is 0. The van der Waals surface area contributed by atoms with E-state index in [2.05, 4.69) is 53.2 Å². The van der Waals surface area contributed by atoms with Gasteiger partial charge >= 0.3 is 61.0 Å². The maximum atomic E-state index is 7.32. The molecule has 0 heterocycles. The second kappa shape index (κ2) is 14.1. The summed E-state index contributed by atoms with van der Waals surface area (Å²) < 4.78 is 0. The van der Waals surface area contributed by atoms with Crippen LogP contribution in [0.3, 0.4) is 0 Å². The van der Waals surface area contributed by atoms with E-state index in [4.69, 9.17) is 10.5 Å². The summed E-state index contributed by atoms with van der Waals surface area (Å²) in [6.07, 6.45) is 0. The molecule has 0 N–H and O–H groups in total. The van der Waals surface area contributed by atoms with Gasteiger partial charge in [0.1, 0.15) is 0 Å². The molecule has 0 aliphatic heterocycles. The van der Waals surface area contributed by atoms with Gasteiger partial charge in [0.25, 0.3) is 0 Å². The van der Waals surface area contributed by atoms with Gasteiger partial charge in [-0.1, -0.05) is 0 Å². The molecule has 0 atom stereocenters. The van der Waals surface area contributed by atoms with Crippen LogP contribution in [-0.2, 0) is 7.84 Å².